The van der Waals surface area contributed by atoms with Gasteiger partial charge in [0.05, 0.1) is 6.26 Å². The van der Waals surface area contributed by atoms with Crippen molar-refractivity contribution in [2.24, 2.45) is 0 Å². The van der Waals surface area contributed by atoms with Crippen molar-refractivity contribution in [3.63, 3.8) is 0 Å². The molecule has 1 N–H and O–H groups in total. The van der Waals surface area contributed by atoms with Crippen molar-refractivity contribution in [2.45, 2.75) is 5.92 Å². The van der Waals surface area contributed by atoms with Gasteiger partial charge in [0, 0.05) is 16.1 Å². The Hall–Kier alpha value is -2.56. The molecule has 0 bridgehead atoms. The summed E-state index contributed by atoms with van der Waals surface area (Å²) in [5, 5.41) is 11.9. The van der Waals surface area contributed by atoms with E-state index < -0.39 is 5.92 Å². The van der Waals surface area contributed by atoms with Gasteiger partial charge < -0.3 is 9.40 Å². The highest BCUT2D eigenvalue weighted by Gasteiger charge is 2.24. The number of hydrogen-bond donors (Lipinski definition) is 1. The summed E-state index contributed by atoms with van der Waals surface area (Å²) >= 11 is 0. The second-order valence-electron chi connectivity index (χ2n) is 4.40. The number of hydrogen-bond acceptors (Lipinski definition) is 3. The van der Waals surface area contributed by atoms with Gasteiger partial charge >= 0.3 is 0 Å². The second kappa shape index (κ2) is 4.61. The predicted octanol–water partition coefficient (Wildman–Crippen LogP) is 3.17. The zero-order valence-corrected chi connectivity index (χ0v) is 10.1. The van der Waals surface area contributed by atoms with Crippen LogP contribution >= 0.6 is 0 Å². The molecule has 1 atom stereocenters. The van der Waals surface area contributed by atoms with Crippen LogP contribution in [0.5, 0.6) is 0 Å². The summed E-state index contributed by atoms with van der Waals surface area (Å²) in [4.78, 5) is 13.7. The molecule has 0 saturated heterocycles. The van der Waals surface area contributed by atoms with Crippen LogP contribution in [-0.4, -0.2) is 16.5 Å². The number of para-hydroxylation sites is 1. The normalized spacial score (nSPS) is 12.6. The maximum Gasteiger partial charge on any atom is 0.219 e. The lowest BCUT2D eigenvalue weighted by molar-refractivity contribution is -0.482. The molecule has 3 rings (SSSR count). The summed E-state index contributed by atoms with van der Waals surface area (Å²) in [7, 11) is 0. The second-order valence-corrected chi connectivity index (χ2v) is 4.40. The number of aromatic nitrogens is 1. The monoisotopic (exact) mass is 256 g/mol. The highest BCUT2D eigenvalue weighted by atomic mass is 16.6. The molecule has 1 unspecified atom stereocenters. The molecule has 0 amide bonds. The minimum absolute atomic E-state index is 0.194. The number of benzene rings is 1. The van der Waals surface area contributed by atoms with Gasteiger partial charge in [0.25, 0.3) is 0 Å². The van der Waals surface area contributed by atoms with Crippen LogP contribution < -0.4 is 0 Å². The van der Waals surface area contributed by atoms with Crippen molar-refractivity contribution in [1.82, 2.24) is 4.98 Å². The molecule has 5 heteroatoms. The largest absolute Gasteiger partial charge is 0.468 e. The van der Waals surface area contributed by atoms with Gasteiger partial charge in [-0.25, -0.2) is 0 Å². The first-order valence-electron chi connectivity index (χ1n) is 5.97. The molecule has 0 radical (unpaired) electrons. The fourth-order valence-electron chi connectivity index (χ4n) is 2.26. The molecular formula is C14H12N2O3. The Balaban J connectivity index is 2.05. The van der Waals surface area contributed by atoms with E-state index in [1.165, 1.54) is 6.26 Å². The number of fused-ring (bicyclic) bond motifs is 1. The first-order valence-corrected chi connectivity index (χ1v) is 5.97. The number of nitro groups is 1. The molecule has 5 nitrogen and oxygen atoms in total. The standard InChI is InChI=1S/C14H12N2O3/c17-16(18)9-11(14-6-3-7-19-14)13-8-10-4-1-2-5-12(10)15-13/h1-8,11,15H,9H2. The molecule has 0 spiro atoms. The first kappa shape index (κ1) is 11.5. The van der Waals surface area contributed by atoms with Crippen LogP contribution in [0.25, 0.3) is 10.9 Å². The van der Waals surface area contributed by atoms with Crippen molar-refractivity contribution >= 4 is 10.9 Å². The Morgan fingerprint density at radius 1 is 1.26 bits per heavy atom. The van der Waals surface area contributed by atoms with Crippen LogP contribution in [-0.2, 0) is 0 Å². The van der Waals surface area contributed by atoms with Gasteiger partial charge in [-0.15, -0.1) is 0 Å². The van der Waals surface area contributed by atoms with Gasteiger partial charge in [0.2, 0.25) is 6.54 Å². The Morgan fingerprint density at radius 3 is 2.79 bits per heavy atom. The van der Waals surface area contributed by atoms with Crippen LogP contribution in [0.4, 0.5) is 0 Å². The van der Waals surface area contributed by atoms with Gasteiger partial charge in [-0.05, 0) is 29.7 Å². The molecule has 1 aromatic carbocycles. The van der Waals surface area contributed by atoms with Crippen molar-refractivity contribution in [3.05, 3.63) is 70.3 Å². The summed E-state index contributed by atoms with van der Waals surface area (Å²) in [6.45, 7) is -0.194. The third-order valence-corrected chi connectivity index (χ3v) is 3.14. The molecule has 3 aromatic rings. The summed E-state index contributed by atoms with van der Waals surface area (Å²) < 4.78 is 5.32. The van der Waals surface area contributed by atoms with Crippen LogP contribution in [0.15, 0.2) is 53.1 Å². The first-order chi connectivity index (χ1) is 9.24. The predicted molar refractivity (Wildman–Crippen MR) is 70.7 cm³/mol. The van der Waals surface area contributed by atoms with Crippen LogP contribution in [0.1, 0.15) is 17.4 Å². The smallest absolute Gasteiger partial charge is 0.219 e. The summed E-state index contributed by atoms with van der Waals surface area (Å²) in [5.41, 5.74) is 1.77. The minimum Gasteiger partial charge on any atom is -0.468 e. The molecule has 0 aliphatic carbocycles. The Kier molecular flexibility index (Phi) is 2.79. The van der Waals surface area contributed by atoms with Crippen molar-refractivity contribution in [3.8, 4) is 0 Å². The van der Waals surface area contributed by atoms with Crippen LogP contribution in [0.2, 0.25) is 0 Å². The fourth-order valence-corrected chi connectivity index (χ4v) is 2.26. The third kappa shape index (κ3) is 2.22. The Morgan fingerprint density at radius 2 is 2.11 bits per heavy atom. The van der Waals surface area contributed by atoms with E-state index >= 15 is 0 Å². The van der Waals surface area contributed by atoms with Crippen molar-refractivity contribution in [1.29, 1.82) is 0 Å². The number of nitrogens with one attached hydrogen (secondary N) is 1. The number of furan rings is 1. The SMILES string of the molecule is O=[N+]([O-])CC(c1cc2ccccc2[nH]1)c1ccco1. The van der Waals surface area contributed by atoms with E-state index in [1.807, 2.05) is 30.3 Å². The molecule has 96 valence electrons. The molecule has 19 heavy (non-hydrogen) atoms. The van der Waals surface area contributed by atoms with E-state index in [-0.39, 0.29) is 11.5 Å². The zero-order valence-electron chi connectivity index (χ0n) is 10.1. The molecule has 2 heterocycles. The molecule has 0 aliphatic heterocycles. The third-order valence-electron chi connectivity index (χ3n) is 3.14. The summed E-state index contributed by atoms with van der Waals surface area (Å²) in [6.07, 6.45) is 1.53. The van der Waals surface area contributed by atoms with Crippen LogP contribution in [0.3, 0.4) is 0 Å². The quantitative estimate of drug-likeness (QED) is 0.575. The van der Waals surface area contributed by atoms with Crippen LogP contribution in [0, 0.1) is 10.1 Å². The number of nitrogens with zero attached hydrogens (tertiary/aromatic N) is 1. The Bertz CT molecular complexity index is 667. The molecule has 0 saturated carbocycles. The highest BCUT2D eigenvalue weighted by Crippen LogP contribution is 2.27. The molecule has 0 fully saturated rings. The average molecular weight is 256 g/mol. The topological polar surface area (TPSA) is 72.1 Å². The maximum absolute atomic E-state index is 10.8. The lowest BCUT2D eigenvalue weighted by Gasteiger charge is -2.07. The van der Waals surface area contributed by atoms with E-state index in [9.17, 15) is 10.1 Å². The molecule has 2 aromatic heterocycles. The fraction of sp³-hybridized carbons (Fsp3) is 0.143. The van der Waals surface area contributed by atoms with Crippen molar-refractivity contribution < 1.29 is 9.34 Å². The van der Waals surface area contributed by atoms with Crippen molar-refractivity contribution in [2.75, 3.05) is 6.54 Å². The van der Waals surface area contributed by atoms with Gasteiger partial charge in [-0.1, -0.05) is 18.2 Å². The summed E-state index contributed by atoms with van der Waals surface area (Å²) in [6, 6.07) is 13.2. The number of H-pyrrole nitrogens is 1. The van der Waals surface area contributed by atoms with Gasteiger partial charge in [0.15, 0.2) is 0 Å². The zero-order chi connectivity index (χ0) is 13.2. The minimum atomic E-state index is -0.391. The lowest BCUT2D eigenvalue weighted by Crippen LogP contribution is -2.13. The molecular weight excluding hydrogens is 244 g/mol. The van der Waals surface area contributed by atoms with E-state index in [0.29, 0.717) is 5.76 Å². The van der Waals surface area contributed by atoms with E-state index in [2.05, 4.69) is 4.98 Å². The number of aromatic amines is 1. The van der Waals surface area contributed by atoms with Gasteiger partial charge in [0.1, 0.15) is 11.7 Å². The van der Waals surface area contributed by atoms with Gasteiger partial charge in [-0.2, -0.15) is 0 Å². The van der Waals surface area contributed by atoms with E-state index in [1.54, 1.807) is 12.1 Å². The lowest BCUT2D eigenvalue weighted by atomic mass is 10.0. The maximum atomic E-state index is 10.8. The molecule has 0 aliphatic rings. The van der Waals surface area contributed by atoms with E-state index in [4.69, 9.17) is 4.42 Å². The summed E-state index contributed by atoms with van der Waals surface area (Å²) in [5.74, 6) is 0.209. The van der Waals surface area contributed by atoms with E-state index in [0.717, 1.165) is 16.6 Å². The number of rotatable bonds is 4. The average Bonchev–Trinajstić information content (AvgIpc) is 3.04. The Labute approximate surface area is 109 Å². The van der Waals surface area contributed by atoms with Gasteiger partial charge in [-0.3, -0.25) is 10.1 Å². The highest BCUT2D eigenvalue weighted by molar-refractivity contribution is 5.80.